The average Bonchev–Trinajstić information content (AvgIpc) is 3.39. The summed E-state index contributed by atoms with van der Waals surface area (Å²) in [5.74, 6) is -2.09. The smallest absolute Gasteiger partial charge is 0.248 e. The predicted octanol–water partition coefficient (Wildman–Crippen LogP) is 1.59. The van der Waals surface area contributed by atoms with Crippen molar-refractivity contribution >= 4 is 17.7 Å². The van der Waals surface area contributed by atoms with Crippen LogP contribution >= 0.6 is 0 Å². The Balaban J connectivity index is 2.15. The first-order valence-corrected chi connectivity index (χ1v) is 12.0. The zero-order valence-electron chi connectivity index (χ0n) is 20.6. The van der Waals surface area contributed by atoms with Crippen LogP contribution in [0.4, 0.5) is 0 Å². The standard InChI is InChI=1S/C25H39N3O5/c1-8-13-26(7)21(30)18-19-22(31)28(17(6)15-29)20(23(32)27(14-9-2)16(4)5)25(19)12-11-24(18,10-3)33-25/h8-9,16-20,29H,1-2,10-15H2,3-7H3/t17-,18+,19+,20?,24-,25?/m1/s1. The van der Waals surface area contributed by atoms with E-state index < -0.39 is 35.1 Å². The van der Waals surface area contributed by atoms with E-state index in [1.807, 2.05) is 20.8 Å². The van der Waals surface area contributed by atoms with E-state index in [0.29, 0.717) is 32.4 Å². The van der Waals surface area contributed by atoms with Crippen molar-refractivity contribution in [2.24, 2.45) is 11.8 Å². The highest BCUT2D eigenvalue weighted by atomic mass is 16.5. The zero-order chi connectivity index (χ0) is 24.7. The minimum atomic E-state index is -1.09. The Kier molecular flexibility index (Phi) is 7.10. The fourth-order valence-corrected chi connectivity index (χ4v) is 6.25. The second kappa shape index (κ2) is 9.22. The molecule has 1 N–H and O–H groups in total. The van der Waals surface area contributed by atoms with E-state index in [0.717, 1.165) is 0 Å². The van der Waals surface area contributed by atoms with Crippen molar-refractivity contribution in [2.45, 2.75) is 76.3 Å². The van der Waals surface area contributed by atoms with Crippen LogP contribution in [0.3, 0.4) is 0 Å². The molecule has 0 aromatic rings. The van der Waals surface area contributed by atoms with Gasteiger partial charge in [0.25, 0.3) is 0 Å². The first kappa shape index (κ1) is 25.4. The van der Waals surface area contributed by atoms with E-state index in [1.54, 1.807) is 35.9 Å². The normalized spacial score (nSPS) is 33.2. The van der Waals surface area contributed by atoms with Gasteiger partial charge in [-0.25, -0.2) is 0 Å². The molecule has 2 bridgehead atoms. The van der Waals surface area contributed by atoms with Gasteiger partial charge in [-0.3, -0.25) is 14.4 Å². The van der Waals surface area contributed by atoms with Gasteiger partial charge in [0.05, 0.1) is 30.1 Å². The number of carbonyl (C=O) groups excluding carboxylic acids is 3. The van der Waals surface area contributed by atoms with Crippen LogP contribution in [0, 0.1) is 11.8 Å². The lowest BCUT2D eigenvalue weighted by Crippen LogP contribution is -2.59. The third-order valence-corrected chi connectivity index (χ3v) is 7.87. The number of hydrogen-bond donors (Lipinski definition) is 1. The summed E-state index contributed by atoms with van der Waals surface area (Å²) in [5.41, 5.74) is -1.86. The van der Waals surface area contributed by atoms with Gasteiger partial charge in [-0.2, -0.15) is 0 Å². The fraction of sp³-hybridized carbons (Fsp3) is 0.720. The van der Waals surface area contributed by atoms with Crippen molar-refractivity contribution < 1.29 is 24.2 Å². The van der Waals surface area contributed by atoms with E-state index in [2.05, 4.69) is 13.2 Å². The van der Waals surface area contributed by atoms with Crippen LogP contribution in [0.2, 0.25) is 0 Å². The second-order valence-electron chi connectivity index (χ2n) is 9.99. The molecule has 0 aromatic carbocycles. The Labute approximate surface area is 197 Å². The molecule has 3 heterocycles. The molecule has 8 nitrogen and oxygen atoms in total. The Morgan fingerprint density at radius 2 is 1.85 bits per heavy atom. The highest BCUT2D eigenvalue weighted by Gasteiger charge is 2.79. The maximum absolute atomic E-state index is 14.0. The highest BCUT2D eigenvalue weighted by molar-refractivity contribution is 5.99. The lowest BCUT2D eigenvalue weighted by Gasteiger charge is -2.39. The molecule has 3 saturated heterocycles. The van der Waals surface area contributed by atoms with Crippen LogP contribution in [0.5, 0.6) is 0 Å². The Morgan fingerprint density at radius 1 is 1.21 bits per heavy atom. The topological polar surface area (TPSA) is 90.4 Å². The van der Waals surface area contributed by atoms with Gasteiger partial charge >= 0.3 is 0 Å². The number of likely N-dealkylation sites (tertiary alicyclic amines) is 1. The number of aliphatic hydroxyl groups is 1. The molecule has 0 aromatic heterocycles. The summed E-state index contributed by atoms with van der Waals surface area (Å²) in [6, 6.07) is -1.58. The van der Waals surface area contributed by atoms with Crippen LogP contribution in [-0.4, -0.2) is 93.6 Å². The van der Waals surface area contributed by atoms with Gasteiger partial charge < -0.3 is 24.5 Å². The molecular formula is C25H39N3O5. The molecule has 6 atom stereocenters. The number of ether oxygens (including phenoxy) is 1. The van der Waals surface area contributed by atoms with Crippen LogP contribution in [0.15, 0.2) is 25.3 Å². The number of amides is 3. The summed E-state index contributed by atoms with van der Waals surface area (Å²) in [6.07, 6.45) is 5.03. The largest absolute Gasteiger partial charge is 0.394 e. The summed E-state index contributed by atoms with van der Waals surface area (Å²) in [7, 11) is 1.70. The Morgan fingerprint density at radius 3 is 2.36 bits per heavy atom. The molecule has 3 rings (SSSR count). The van der Waals surface area contributed by atoms with Crippen LogP contribution in [0.1, 0.15) is 47.0 Å². The number of carbonyl (C=O) groups is 3. The van der Waals surface area contributed by atoms with E-state index in [4.69, 9.17) is 4.74 Å². The number of hydrogen-bond acceptors (Lipinski definition) is 5. The van der Waals surface area contributed by atoms with Crippen molar-refractivity contribution in [2.75, 3.05) is 26.7 Å². The van der Waals surface area contributed by atoms with Crippen LogP contribution in [0.25, 0.3) is 0 Å². The molecule has 33 heavy (non-hydrogen) atoms. The molecule has 0 aliphatic carbocycles. The Hall–Kier alpha value is -2.19. The average molecular weight is 462 g/mol. The SMILES string of the molecule is C=CCN(C)C(=O)[C@@H]1[C@H]2C(=O)N([C@H](C)CO)C(C(=O)N(CC=C)C(C)C)C23CC[C@@]1(CC)O3. The minimum Gasteiger partial charge on any atom is -0.394 e. The molecule has 2 unspecified atom stereocenters. The van der Waals surface area contributed by atoms with Crippen molar-refractivity contribution in [3.63, 3.8) is 0 Å². The lowest BCUT2D eigenvalue weighted by atomic mass is 9.64. The van der Waals surface area contributed by atoms with Gasteiger partial charge in [-0.1, -0.05) is 19.1 Å². The monoisotopic (exact) mass is 461 g/mol. The van der Waals surface area contributed by atoms with Gasteiger partial charge in [0, 0.05) is 26.2 Å². The first-order chi connectivity index (χ1) is 15.6. The van der Waals surface area contributed by atoms with Crippen molar-refractivity contribution in [3.05, 3.63) is 25.3 Å². The molecule has 8 heteroatoms. The van der Waals surface area contributed by atoms with E-state index in [1.165, 1.54) is 4.90 Å². The van der Waals surface area contributed by atoms with Gasteiger partial charge in [-0.05, 0) is 40.0 Å². The molecule has 3 amide bonds. The van der Waals surface area contributed by atoms with Gasteiger partial charge in [0.1, 0.15) is 11.6 Å². The predicted molar refractivity (Wildman–Crippen MR) is 125 cm³/mol. The zero-order valence-corrected chi connectivity index (χ0v) is 20.6. The van der Waals surface area contributed by atoms with E-state index in [-0.39, 0.29) is 30.4 Å². The molecule has 3 aliphatic rings. The highest BCUT2D eigenvalue weighted by Crippen LogP contribution is 2.64. The first-order valence-electron chi connectivity index (χ1n) is 12.0. The summed E-state index contributed by atoms with van der Waals surface area (Å²) < 4.78 is 6.73. The second-order valence-corrected chi connectivity index (χ2v) is 9.99. The number of likely N-dealkylation sites (N-methyl/N-ethyl adjacent to an activating group) is 1. The quantitative estimate of drug-likeness (QED) is 0.499. The molecule has 0 radical (unpaired) electrons. The summed E-state index contributed by atoms with van der Waals surface area (Å²) >= 11 is 0. The number of fused-ring (bicyclic) bond motifs is 1. The molecular weight excluding hydrogens is 422 g/mol. The number of rotatable bonds is 10. The van der Waals surface area contributed by atoms with Gasteiger partial charge in [0.15, 0.2) is 0 Å². The maximum Gasteiger partial charge on any atom is 0.248 e. The molecule has 184 valence electrons. The minimum absolute atomic E-state index is 0.109. The lowest BCUT2D eigenvalue weighted by molar-refractivity contribution is -0.158. The fourth-order valence-electron chi connectivity index (χ4n) is 6.25. The number of nitrogens with zero attached hydrogens (tertiary/aromatic N) is 3. The summed E-state index contributed by atoms with van der Waals surface area (Å²) in [4.78, 5) is 46.3. The molecule has 1 spiro atoms. The maximum atomic E-state index is 14.0. The van der Waals surface area contributed by atoms with Crippen molar-refractivity contribution in [3.8, 4) is 0 Å². The van der Waals surface area contributed by atoms with E-state index >= 15 is 0 Å². The Bertz CT molecular complexity index is 829. The third kappa shape index (κ3) is 3.62. The van der Waals surface area contributed by atoms with E-state index in [9.17, 15) is 19.5 Å². The summed E-state index contributed by atoms with van der Waals surface area (Å²) in [5, 5.41) is 9.96. The van der Waals surface area contributed by atoms with Gasteiger partial charge in [-0.15, -0.1) is 13.2 Å². The van der Waals surface area contributed by atoms with Gasteiger partial charge in [0.2, 0.25) is 17.7 Å². The van der Waals surface area contributed by atoms with Crippen molar-refractivity contribution in [1.82, 2.24) is 14.7 Å². The third-order valence-electron chi connectivity index (χ3n) is 7.87. The summed E-state index contributed by atoms with van der Waals surface area (Å²) in [6.45, 7) is 15.5. The number of aliphatic hydroxyl groups excluding tert-OH is 1. The van der Waals surface area contributed by atoms with Crippen LogP contribution < -0.4 is 0 Å². The van der Waals surface area contributed by atoms with Crippen molar-refractivity contribution in [1.29, 1.82) is 0 Å². The molecule has 3 fully saturated rings. The van der Waals surface area contributed by atoms with Crippen LogP contribution in [-0.2, 0) is 19.1 Å². The molecule has 0 saturated carbocycles. The molecule has 3 aliphatic heterocycles.